The van der Waals surface area contributed by atoms with Crippen molar-refractivity contribution in [3.63, 3.8) is 0 Å². The van der Waals surface area contributed by atoms with Crippen molar-refractivity contribution in [1.82, 2.24) is 14.7 Å². The molecule has 36 heavy (non-hydrogen) atoms. The number of carbonyl (C=O) groups excluding carboxylic acids is 2. The van der Waals surface area contributed by atoms with Crippen LogP contribution in [0.5, 0.6) is 5.75 Å². The minimum atomic E-state index is -0.486. The highest BCUT2D eigenvalue weighted by atomic mass is 16.6. The fraction of sp³-hybridized carbons (Fsp3) is 0.414. The maximum atomic E-state index is 13.6. The molecule has 1 saturated carbocycles. The van der Waals surface area contributed by atoms with Crippen LogP contribution in [0.4, 0.5) is 4.79 Å². The van der Waals surface area contributed by atoms with Crippen LogP contribution < -0.4 is 4.74 Å². The number of rotatable bonds is 8. The van der Waals surface area contributed by atoms with Crippen molar-refractivity contribution in [2.24, 2.45) is 0 Å². The first-order valence-corrected chi connectivity index (χ1v) is 12.9. The van der Waals surface area contributed by atoms with Gasteiger partial charge in [-0.3, -0.25) is 4.79 Å². The van der Waals surface area contributed by atoms with Crippen molar-refractivity contribution < 1.29 is 19.1 Å². The van der Waals surface area contributed by atoms with Gasteiger partial charge in [0.2, 0.25) is 0 Å². The zero-order chi connectivity index (χ0) is 25.1. The van der Waals surface area contributed by atoms with Crippen LogP contribution >= 0.6 is 0 Å². The van der Waals surface area contributed by atoms with Gasteiger partial charge in [0.15, 0.2) is 0 Å². The summed E-state index contributed by atoms with van der Waals surface area (Å²) in [6, 6.07) is 17.5. The molecule has 1 fully saturated rings. The molecule has 0 N–H and O–H groups in total. The molecule has 1 aromatic heterocycles. The van der Waals surface area contributed by atoms with Crippen LogP contribution in [0.1, 0.15) is 66.7 Å². The number of carbonyl (C=O) groups is 2. The van der Waals surface area contributed by atoms with Crippen LogP contribution in [0, 0.1) is 0 Å². The van der Waals surface area contributed by atoms with Crippen LogP contribution in [0.15, 0.2) is 60.8 Å². The smallest absolute Gasteiger partial charge is 0.435 e. The predicted molar refractivity (Wildman–Crippen MR) is 136 cm³/mol. The molecular formula is C29H33N3O4. The second-order valence-electron chi connectivity index (χ2n) is 9.79. The Morgan fingerprint density at radius 2 is 1.81 bits per heavy atom. The third kappa shape index (κ3) is 5.45. The maximum Gasteiger partial charge on any atom is 0.435 e. The predicted octanol–water partition coefficient (Wildman–Crippen LogP) is 5.41. The fourth-order valence-electron chi connectivity index (χ4n) is 4.73. The van der Waals surface area contributed by atoms with Gasteiger partial charge in [-0.25, -0.2) is 4.79 Å². The Bertz CT molecular complexity index is 1200. The lowest BCUT2D eigenvalue weighted by molar-refractivity contribution is 0.0642. The second kappa shape index (κ2) is 10.6. The van der Waals surface area contributed by atoms with Gasteiger partial charge in [-0.05, 0) is 80.8 Å². The highest BCUT2D eigenvalue weighted by molar-refractivity contribution is 5.95. The second-order valence-corrected chi connectivity index (χ2v) is 9.79. The Kier molecular flexibility index (Phi) is 7.07. The van der Waals surface area contributed by atoms with E-state index in [1.807, 2.05) is 61.5 Å². The molecular weight excluding hydrogens is 454 g/mol. The Morgan fingerprint density at radius 3 is 2.50 bits per heavy atom. The Labute approximate surface area is 212 Å². The largest absolute Gasteiger partial charge is 0.491 e. The van der Waals surface area contributed by atoms with Gasteiger partial charge in [-0.1, -0.05) is 37.3 Å². The quantitative estimate of drug-likeness (QED) is 0.425. The number of nitrogens with zero attached hydrogens (tertiary/aromatic N) is 3. The molecule has 0 radical (unpaired) electrons. The standard InChI is InChI=1S/C29H33N3O4/c1-3-20(2)36-26-14-9-22(10-15-26)28(33)32(24-11-12-24)25-13-16-27-23(17-25)18-31(30-27)29(34)35-19-21-7-5-4-6-8-21/h4-10,14-15,18,20,24-25H,3,11-13,16-17,19H2,1-2H3/t20-,25?/m1/s1. The molecule has 0 bridgehead atoms. The van der Waals surface area contributed by atoms with E-state index in [1.165, 1.54) is 4.68 Å². The summed E-state index contributed by atoms with van der Waals surface area (Å²) in [6.45, 7) is 4.33. The van der Waals surface area contributed by atoms with Gasteiger partial charge in [-0.15, -0.1) is 0 Å². The van der Waals surface area contributed by atoms with Crippen LogP contribution in [-0.4, -0.2) is 44.9 Å². The average molecular weight is 488 g/mol. The van der Waals surface area contributed by atoms with E-state index < -0.39 is 6.09 Å². The SMILES string of the molecule is CC[C@@H](C)Oc1ccc(C(=O)N(C2CC2)C2CCc3nn(C(=O)OCc4ccccc4)cc3C2)cc1. The van der Waals surface area contributed by atoms with Crippen molar-refractivity contribution >= 4 is 12.0 Å². The van der Waals surface area contributed by atoms with Gasteiger partial charge >= 0.3 is 6.09 Å². The number of benzene rings is 2. The molecule has 0 saturated heterocycles. The summed E-state index contributed by atoms with van der Waals surface area (Å²) >= 11 is 0. The molecule has 0 aliphatic heterocycles. The van der Waals surface area contributed by atoms with Crippen molar-refractivity contribution in [3.05, 3.63) is 83.2 Å². The minimum Gasteiger partial charge on any atom is -0.491 e. The number of aromatic nitrogens is 2. The minimum absolute atomic E-state index is 0.0655. The van der Waals surface area contributed by atoms with Crippen LogP contribution in [0.3, 0.4) is 0 Å². The molecule has 2 aliphatic carbocycles. The molecule has 1 unspecified atom stereocenters. The van der Waals surface area contributed by atoms with Crippen molar-refractivity contribution in [2.75, 3.05) is 0 Å². The lowest BCUT2D eigenvalue weighted by atomic mass is 9.91. The van der Waals surface area contributed by atoms with Gasteiger partial charge in [0.1, 0.15) is 12.4 Å². The van der Waals surface area contributed by atoms with E-state index in [1.54, 1.807) is 6.20 Å². The van der Waals surface area contributed by atoms with E-state index in [-0.39, 0.29) is 30.7 Å². The Morgan fingerprint density at radius 1 is 1.06 bits per heavy atom. The first kappa shape index (κ1) is 24.1. The normalized spacial score (nSPS) is 17.7. The molecule has 7 heteroatoms. The maximum absolute atomic E-state index is 13.6. The zero-order valence-corrected chi connectivity index (χ0v) is 20.9. The van der Waals surface area contributed by atoms with Crippen molar-refractivity contribution in [3.8, 4) is 5.75 Å². The summed E-state index contributed by atoms with van der Waals surface area (Å²) in [7, 11) is 0. The molecule has 2 aliphatic rings. The topological polar surface area (TPSA) is 73.7 Å². The number of fused-ring (bicyclic) bond motifs is 1. The molecule has 2 aromatic carbocycles. The number of ether oxygens (including phenoxy) is 2. The molecule has 3 aromatic rings. The fourth-order valence-corrected chi connectivity index (χ4v) is 4.73. The van der Waals surface area contributed by atoms with Gasteiger partial charge in [0.05, 0.1) is 11.8 Å². The van der Waals surface area contributed by atoms with E-state index in [9.17, 15) is 9.59 Å². The first-order valence-electron chi connectivity index (χ1n) is 12.9. The lowest BCUT2D eigenvalue weighted by Crippen LogP contribution is -2.44. The molecule has 0 spiro atoms. The molecule has 2 atom stereocenters. The summed E-state index contributed by atoms with van der Waals surface area (Å²) in [5.74, 6) is 0.850. The molecule has 1 amide bonds. The van der Waals surface area contributed by atoms with E-state index in [0.29, 0.717) is 12.0 Å². The zero-order valence-electron chi connectivity index (χ0n) is 20.9. The lowest BCUT2D eigenvalue weighted by Gasteiger charge is -2.34. The molecule has 1 heterocycles. The summed E-state index contributed by atoms with van der Waals surface area (Å²) in [6.07, 6.45) is 6.69. The average Bonchev–Trinajstić information content (AvgIpc) is 3.65. The highest BCUT2D eigenvalue weighted by Gasteiger charge is 2.39. The van der Waals surface area contributed by atoms with E-state index >= 15 is 0 Å². The highest BCUT2D eigenvalue weighted by Crippen LogP contribution is 2.35. The van der Waals surface area contributed by atoms with Crippen molar-refractivity contribution in [2.45, 2.75) is 77.2 Å². The van der Waals surface area contributed by atoms with Gasteiger partial charge < -0.3 is 14.4 Å². The molecule has 188 valence electrons. The third-order valence-electron chi connectivity index (χ3n) is 7.02. The Hall–Kier alpha value is -3.61. The van der Waals surface area contributed by atoms with Crippen molar-refractivity contribution in [1.29, 1.82) is 0 Å². The van der Waals surface area contributed by atoms with Gasteiger partial charge in [0, 0.05) is 23.8 Å². The first-order chi connectivity index (χ1) is 17.5. The van der Waals surface area contributed by atoms with Gasteiger partial charge in [-0.2, -0.15) is 9.78 Å². The van der Waals surface area contributed by atoms with E-state index in [2.05, 4.69) is 16.9 Å². The number of amides is 1. The number of hydrogen-bond acceptors (Lipinski definition) is 5. The van der Waals surface area contributed by atoms with Gasteiger partial charge in [0.25, 0.3) is 5.91 Å². The van der Waals surface area contributed by atoms with E-state index in [4.69, 9.17) is 9.47 Å². The molecule has 5 rings (SSSR count). The Balaban J connectivity index is 1.25. The number of hydrogen-bond donors (Lipinski definition) is 0. The summed E-state index contributed by atoms with van der Waals surface area (Å²) < 4.78 is 12.6. The number of aryl methyl sites for hydroxylation is 1. The summed E-state index contributed by atoms with van der Waals surface area (Å²) in [4.78, 5) is 28.2. The van der Waals surface area contributed by atoms with Crippen LogP contribution in [0.25, 0.3) is 0 Å². The summed E-state index contributed by atoms with van der Waals surface area (Å²) in [5, 5.41) is 4.49. The third-order valence-corrected chi connectivity index (χ3v) is 7.02. The summed E-state index contributed by atoms with van der Waals surface area (Å²) in [5.41, 5.74) is 3.54. The van der Waals surface area contributed by atoms with Crippen LogP contribution in [0.2, 0.25) is 0 Å². The monoisotopic (exact) mass is 487 g/mol. The molecule has 7 nitrogen and oxygen atoms in total. The van der Waals surface area contributed by atoms with E-state index in [0.717, 1.165) is 54.7 Å². The van der Waals surface area contributed by atoms with Crippen LogP contribution in [-0.2, 0) is 24.2 Å².